The van der Waals surface area contributed by atoms with Gasteiger partial charge >= 0.3 is 0 Å². The van der Waals surface area contributed by atoms with Gasteiger partial charge in [-0.05, 0) is 36.3 Å². The molecule has 8 heteroatoms. The Bertz CT molecular complexity index is 1030. The summed E-state index contributed by atoms with van der Waals surface area (Å²) in [6, 6.07) is 11.9. The van der Waals surface area contributed by atoms with Crippen LogP contribution in [-0.2, 0) is 16.0 Å². The normalized spacial score (nSPS) is 20.7. The van der Waals surface area contributed by atoms with Crippen LogP contribution < -0.4 is 0 Å². The van der Waals surface area contributed by atoms with E-state index in [1.807, 2.05) is 6.92 Å². The molecule has 0 N–H and O–H groups in total. The molecule has 1 fully saturated rings. The van der Waals surface area contributed by atoms with E-state index in [2.05, 4.69) is 0 Å². The largest absolute Gasteiger partial charge is 0.325 e. The maximum absolute atomic E-state index is 13.4. The summed E-state index contributed by atoms with van der Waals surface area (Å²) in [7, 11) is 3.04. The Balaban J connectivity index is 2.03. The van der Waals surface area contributed by atoms with E-state index in [-0.39, 0.29) is 35.1 Å². The molecule has 0 aliphatic carbocycles. The van der Waals surface area contributed by atoms with Crippen molar-refractivity contribution in [1.82, 2.24) is 9.80 Å². The average molecular weight is 411 g/mol. The summed E-state index contributed by atoms with van der Waals surface area (Å²) in [6.45, 7) is 1.82. The number of para-hydroxylation sites is 1. The molecule has 1 aliphatic heterocycles. The van der Waals surface area contributed by atoms with E-state index >= 15 is 0 Å². The van der Waals surface area contributed by atoms with Gasteiger partial charge in [-0.1, -0.05) is 31.2 Å². The molecule has 0 saturated carbocycles. The Morgan fingerprint density at radius 1 is 1.10 bits per heavy atom. The number of likely N-dealkylation sites (N-methyl/N-ethyl adjacent to an activating group) is 2. The SMILES string of the molecule is CCC1(Cc2ccc(F)cc2)C(=O)N(C)/C(=C/c2ccccc2[N+](=O)[O-])C(=O)N1C. The van der Waals surface area contributed by atoms with Crippen LogP contribution in [0, 0.1) is 15.9 Å². The predicted octanol–water partition coefficient (Wildman–Crippen LogP) is 3.40. The summed E-state index contributed by atoms with van der Waals surface area (Å²) in [5.41, 5.74) is -0.268. The molecule has 0 aromatic heterocycles. The minimum absolute atomic E-state index is 0.0555. The molecule has 0 bridgehead atoms. The van der Waals surface area contributed by atoms with Gasteiger partial charge in [0, 0.05) is 26.6 Å². The molecule has 1 heterocycles. The summed E-state index contributed by atoms with van der Waals surface area (Å²) in [5.74, 6) is -1.10. The minimum Gasteiger partial charge on any atom is -0.325 e. The zero-order valence-corrected chi connectivity index (χ0v) is 17.0. The predicted molar refractivity (Wildman–Crippen MR) is 110 cm³/mol. The van der Waals surface area contributed by atoms with Crippen LogP contribution in [0.3, 0.4) is 0 Å². The summed E-state index contributed by atoms with van der Waals surface area (Å²) < 4.78 is 13.3. The molecular weight excluding hydrogens is 389 g/mol. The highest BCUT2D eigenvalue weighted by molar-refractivity contribution is 6.09. The molecule has 1 aliphatic rings. The van der Waals surface area contributed by atoms with Gasteiger partial charge in [0.05, 0.1) is 10.5 Å². The van der Waals surface area contributed by atoms with Crippen molar-refractivity contribution in [2.24, 2.45) is 0 Å². The van der Waals surface area contributed by atoms with E-state index in [1.165, 1.54) is 53.3 Å². The fourth-order valence-corrected chi connectivity index (χ4v) is 3.80. The quantitative estimate of drug-likeness (QED) is 0.429. The Morgan fingerprint density at radius 3 is 2.33 bits per heavy atom. The molecule has 1 atom stereocenters. The number of hydrogen-bond acceptors (Lipinski definition) is 4. The number of rotatable bonds is 5. The Kier molecular flexibility index (Phi) is 5.69. The Morgan fingerprint density at radius 2 is 1.73 bits per heavy atom. The standard InChI is InChI=1S/C22H22FN3O4/c1-4-22(14-15-9-11-17(23)12-10-15)21(28)24(2)19(20(27)25(22)3)13-16-7-5-6-8-18(16)26(29)30/h5-13H,4,14H2,1-3H3/b19-13+. The van der Waals surface area contributed by atoms with Crippen LogP contribution in [0.2, 0.25) is 0 Å². The first kappa shape index (κ1) is 21.2. The van der Waals surface area contributed by atoms with Gasteiger partial charge in [-0.3, -0.25) is 19.7 Å². The summed E-state index contributed by atoms with van der Waals surface area (Å²) in [5, 5.41) is 11.3. The van der Waals surface area contributed by atoms with Gasteiger partial charge in [-0.15, -0.1) is 0 Å². The number of carbonyl (C=O) groups is 2. The van der Waals surface area contributed by atoms with Crippen LogP contribution in [0.1, 0.15) is 24.5 Å². The lowest BCUT2D eigenvalue weighted by Crippen LogP contribution is -2.65. The number of amides is 2. The fourth-order valence-electron chi connectivity index (χ4n) is 3.80. The maximum Gasteiger partial charge on any atom is 0.276 e. The van der Waals surface area contributed by atoms with Crippen LogP contribution >= 0.6 is 0 Å². The molecule has 7 nitrogen and oxygen atoms in total. The highest BCUT2D eigenvalue weighted by Crippen LogP contribution is 2.34. The lowest BCUT2D eigenvalue weighted by atomic mass is 9.82. The second kappa shape index (κ2) is 8.06. The topological polar surface area (TPSA) is 83.8 Å². The molecule has 1 unspecified atom stereocenters. The van der Waals surface area contributed by atoms with Crippen molar-refractivity contribution in [2.45, 2.75) is 25.3 Å². The van der Waals surface area contributed by atoms with E-state index in [0.717, 1.165) is 5.56 Å². The minimum atomic E-state index is -1.14. The molecule has 2 amide bonds. The van der Waals surface area contributed by atoms with Crippen molar-refractivity contribution in [2.75, 3.05) is 14.1 Å². The van der Waals surface area contributed by atoms with Gasteiger partial charge in [0.1, 0.15) is 17.1 Å². The number of benzene rings is 2. The number of hydrogen-bond donors (Lipinski definition) is 0. The Hall–Kier alpha value is -3.55. The molecule has 3 rings (SSSR count). The number of halogens is 1. The van der Waals surface area contributed by atoms with E-state index in [4.69, 9.17) is 0 Å². The van der Waals surface area contributed by atoms with Gasteiger partial charge in [0.15, 0.2) is 0 Å². The maximum atomic E-state index is 13.4. The number of nitro benzene ring substituents is 1. The van der Waals surface area contributed by atoms with E-state index < -0.39 is 16.4 Å². The van der Waals surface area contributed by atoms with Gasteiger partial charge in [0.2, 0.25) is 0 Å². The molecule has 156 valence electrons. The molecule has 1 saturated heterocycles. The van der Waals surface area contributed by atoms with Crippen molar-refractivity contribution in [3.05, 3.63) is 81.3 Å². The highest BCUT2D eigenvalue weighted by Gasteiger charge is 2.50. The first-order valence-electron chi connectivity index (χ1n) is 9.47. The van der Waals surface area contributed by atoms with Gasteiger partial charge in [-0.25, -0.2) is 4.39 Å². The molecule has 2 aromatic rings. The first-order valence-corrected chi connectivity index (χ1v) is 9.47. The van der Waals surface area contributed by atoms with E-state index in [1.54, 1.807) is 25.2 Å². The molecular formula is C22H22FN3O4. The van der Waals surface area contributed by atoms with E-state index in [0.29, 0.717) is 6.42 Å². The third-order valence-electron chi connectivity index (χ3n) is 5.65. The summed E-state index contributed by atoms with van der Waals surface area (Å²) >= 11 is 0. The van der Waals surface area contributed by atoms with Crippen LogP contribution in [0.25, 0.3) is 6.08 Å². The monoisotopic (exact) mass is 411 g/mol. The molecule has 2 aromatic carbocycles. The third-order valence-corrected chi connectivity index (χ3v) is 5.65. The summed E-state index contributed by atoms with van der Waals surface area (Å²) in [6.07, 6.45) is 1.95. The summed E-state index contributed by atoms with van der Waals surface area (Å²) in [4.78, 5) is 40.0. The highest BCUT2D eigenvalue weighted by atomic mass is 19.1. The van der Waals surface area contributed by atoms with Crippen molar-refractivity contribution in [3.8, 4) is 0 Å². The molecule has 0 radical (unpaired) electrons. The van der Waals surface area contributed by atoms with Crippen LogP contribution in [0.15, 0.2) is 54.2 Å². The van der Waals surface area contributed by atoms with E-state index in [9.17, 15) is 24.1 Å². The lowest BCUT2D eigenvalue weighted by molar-refractivity contribution is -0.385. The van der Waals surface area contributed by atoms with Crippen molar-refractivity contribution in [3.63, 3.8) is 0 Å². The van der Waals surface area contributed by atoms with Crippen molar-refractivity contribution < 1.29 is 18.9 Å². The lowest BCUT2D eigenvalue weighted by Gasteiger charge is -2.47. The Labute approximate surface area is 173 Å². The smallest absolute Gasteiger partial charge is 0.276 e. The number of piperazine rings is 1. The van der Waals surface area contributed by atoms with Gasteiger partial charge in [0.25, 0.3) is 17.5 Å². The number of nitrogens with zero attached hydrogens (tertiary/aromatic N) is 3. The van der Waals surface area contributed by atoms with Crippen LogP contribution in [0.4, 0.5) is 10.1 Å². The van der Waals surface area contributed by atoms with Gasteiger partial charge in [-0.2, -0.15) is 0 Å². The van der Waals surface area contributed by atoms with Crippen LogP contribution in [-0.4, -0.2) is 46.2 Å². The van der Waals surface area contributed by atoms with Gasteiger partial charge < -0.3 is 9.80 Å². The fraction of sp³-hybridized carbons (Fsp3) is 0.273. The molecule has 0 spiro atoms. The average Bonchev–Trinajstić information content (AvgIpc) is 2.74. The molecule has 30 heavy (non-hydrogen) atoms. The second-order valence-electron chi connectivity index (χ2n) is 7.26. The third kappa shape index (κ3) is 3.56. The van der Waals surface area contributed by atoms with Crippen LogP contribution in [0.5, 0.6) is 0 Å². The van der Waals surface area contributed by atoms with Crippen molar-refractivity contribution in [1.29, 1.82) is 0 Å². The zero-order chi connectivity index (χ0) is 22.1. The van der Waals surface area contributed by atoms with Crippen molar-refractivity contribution >= 4 is 23.6 Å². The number of nitro groups is 1. The zero-order valence-electron chi connectivity index (χ0n) is 17.0. The first-order chi connectivity index (χ1) is 14.2. The second-order valence-corrected chi connectivity index (χ2v) is 7.26. The number of carbonyl (C=O) groups excluding carboxylic acids is 2.